The number of hydrogen-bond donors (Lipinski definition) is 4. The molecule has 5 N–H and O–H groups in total. The third-order valence-electron chi connectivity index (χ3n) is 2.71. The lowest BCUT2D eigenvalue weighted by molar-refractivity contribution is -0.00341. The molecule has 0 bridgehead atoms. The van der Waals surface area contributed by atoms with E-state index in [-0.39, 0.29) is 12.4 Å². The summed E-state index contributed by atoms with van der Waals surface area (Å²) in [4.78, 5) is 0. The summed E-state index contributed by atoms with van der Waals surface area (Å²) in [5, 5.41) is 23.1. The molecule has 0 heterocycles. The van der Waals surface area contributed by atoms with E-state index in [1.165, 1.54) is 0 Å². The molecule has 1 rings (SSSR count). The maximum atomic E-state index is 12.1. The highest BCUT2D eigenvalue weighted by Gasteiger charge is 2.15. The van der Waals surface area contributed by atoms with Gasteiger partial charge in [-0.3, -0.25) is 0 Å². The molecule has 1 unspecified atom stereocenters. The molecule has 0 aliphatic heterocycles. The van der Waals surface area contributed by atoms with Crippen LogP contribution in [-0.4, -0.2) is 35.2 Å². The molecule has 106 valence electrons. The van der Waals surface area contributed by atoms with Crippen LogP contribution in [0.2, 0.25) is 0 Å². The molecule has 19 heavy (non-hydrogen) atoms. The first kappa shape index (κ1) is 15.3. The van der Waals surface area contributed by atoms with Crippen molar-refractivity contribution >= 4 is 5.84 Å². The smallest absolute Gasteiger partial charge is 0.265 e. The molecule has 0 radical (unpaired) electrons. The van der Waals surface area contributed by atoms with Crippen LogP contribution in [0.3, 0.4) is 0 Å². The molecule has 0 saturated carbocycles. The minimum absolute atomic E-state index is 0.00994. The Morgan fingerprint density at radius 2 is 2.16 bits per heavy atom. The van der Waals surface area contributed by atoms with E-state index in [1.54, 1.807) is 18.2 Å². The van der Waals surface area contributed by atoms with Crippen LogP contribution < -0.4 is 11.1 Å². The average molecular weight is 273 g/mol. The number of alkyl halides is 2. The Kier molecular flexibility index (Phi) is 5.65. The molecule has 0 aliphatic carbocycles. The normalized spacial score (nSPS) is 13.8. The van der Waals surface area contributed by atoms with Gasteiger partial charge in [-0.15, -0.1) is 0 Å². The molecule has 0 fully saturated rings. The number of benzene rings is 1. The average Bonchev–Trinajstić information content (AvgIpc) is 2.39. The number of aliphatic hydroxyl groups excluding tert-OH is 1. The zero-order valence-electron chi connectivity index (χ0n) is 10.5. The maximum absolute atomic E-state index is 12.1. The van der Waals surface area contributed by atoms with Gasteiger partial charge in [-0.25, -0.2) is 8.78 Å². The summed E-state index contributed by atoms with van der Waals surface area (Å²) in [5.74, 6) is 0.00994. The lowest BCUT2D eigenvalue weighted by Crippen LogP contribution is -2.31. The highest BCUT2D eigenvalue weighted by molar-refractivity contribution is 5.97. The number of oxime groups is 1. The van der Waals surface area contributed by atoms with Crippen molar-refractivity contribution in [3.05, 3.63) is 34.9 Å². The summed E-state index contributed by atoms with van der Waals surface area (Å²) in [7, 11) is 0. The fourth-order valence-corrected chi connectivity index (χ4v) is 1.56. The van der Waals surface area contributed by atoms with Crippen molar-refractivity contribution in [1.82, 2.24) is 5.32 Å². The van der Waals surface area contributed by atoms with Crippen molar-refractivity contribution in [2.45, 2.75) is 26.0 Å². The summed E-state index contributed by atoms with van der Waals surface area (Å²) >= 11 is 0. The molecular formula is C12H17F2N3O2. The summed E-state index contributed by atoms with van der Waals surface area (Å²) in [5.41, 5.74) is 7.80. The van der Waals surface area contributed by atoms with E-state index in [0.717, 1.165) is 11.1 Å². The lowest BCUT2D eigenvalue weighted by atomic mass is 10.0. The number of nitrogens with two attached hydrogens (primary N) is 1. The van der Waals surface area contributed by atoms with E-state index in [9.17, 15) is 8.78 Å². The molecule has 0 amide bonds. The fourth-order valence-electron chi connectivity index (χ4n) is 1.56. The van der Waals surface area contributed by atoms with Gasteiger partial charge in [0.25, 0.3) is 6.43 Å². The summed E-state index contributed by atoms with van der Waals surface area (Å²) in [6.45, 7) is 2.00. The summed E-state index contributed by atoms with van der Waals surface area (Å²) in [6, 6.07) is 5.16. The molecule has 0 spiro atoms. The van der Waals surface area contributed by atoms with Crippen LogP contribution in [0.5, 0.6) is 0 Å². The van der Waals surface area contributed by atoms with Gasteiger partial charge in [0.1, 0.15) is 6.10 Å². The Bertz CT molecular complexity index is 453. The van der Waals surface area contributed by atoms with Crippen LogP contribution in [0.15, 0.2) is 23.4 Å². The number of halogens is 2. The molecule has 5 nitrogen and oxygen atoms in total. The third-order valence-corrected chi connectivity index (χ3v) is 2.71. The van der Waals surface area contributed by atoms with Crippen LogP contribution in [0.1, 0.15) is 16.7 Å². The van der Waals surface area contributed by atoms with E-state index in [1.807, 2.05) is 6.92 Å². The number of nitrogens with one attached hydrogen (secondary N) is 1. The number of rotatable bonds is 6. The Labute approximate surface area is 109 Å². The maximum Gasteiger partial charge on any atom is 0.265 e. The SMILES string of the molecule is Cc1cc(/C(N)=N/O)ccc1CNCC(O)C(F)F. The van der Waals surface area contributed by atoms with Crippen molar-refractivity contribution < 1.29 is 19.1 Å². The number of amidine groups is 1. The first-order chi connectivity index (χ1) is 8.95. The topological polar surface area (TPSA) is 90.9 Å². The Morgan fingerprint density at radius 1 is 1.47 bits per heavy atom. The molecule has 1 atom stereocenters. The molecule has 0 aromatic heterocycles. The van der Waals surface area contributed by atoms with Crippen LogP contribution in [-0.2, 0) is 6.54 Å². The summed E-state index contributed by atoms with van der Waals surface area (Å²) in [6.07, 6.45) is -4.42. The van der Waals surface area contributed by atoms with E-state index >= 15 is 0 Å². The highest BCUT2D eigenvalue weighted by atomic mass is 19.3. The van der Waals surface area contributed by atoms with Crippen molar-refractivity contribution in [2.24, 2.45) is 10.9 Å². The minimum Gasteiger partial charge on any atom is -0.409 e. The first-order valence-corrected chi connectivity index (χ1v) is 5.70. The van der Waals surface area contributed by atoms with Gasteiger partial charge in [0.05, 0.1) is 0 Å². The van der Waals surface area contributed by atoms with Crippen LogP contribution >= 0.6 is 0 Å². The van der Waals surface area contributed by atoms with Gasteiger partial charge in [0.2, 0.25) is 0 Å². The predicted molar refractivity (Wildman–Crippen MR) is 67.4 cm³/mol. The first-order valence-electron chi connectivity index (χ1n) is 5.70. The van der Waals surface area contributed by atoms with E-state index < -0.39 is 12.5 Å². The second kappa shape index (κ2) is 7.01. The molecule has 0 aliphatic rings. The quantitative estimate of drug-likeness (QED) is 0.267. The van der Waals surface area contributed by atoms with E-state index in [4.69, 9.17) is 16.0 Å². The minimum atomic E-state index is -2.75. The van der Waals surface area contributed by atoms with E-state index in [2.05, 4.69) is 10.5 Å². The van der Waals surface area contributed by atoms with Gasteiger partial charge in [-0.2, -0.15) is 0 Å². The van der Waals surface area contributed by atoms with Crippen molar-refractivity contribution in [3.8, 4) is 0 Å². The number of aliphatic hydroxyl groups is 1. The van der Waals surface area contributed by atoms with E-state index in [0.29, 0.717) is 12.1 Å². The largest absolute Gasteiger partial charge is 0.409 e. The van der Waals surface area contributed by atoms with Crippen molar-refractivity contribution in [2.75, 3.05) is 6.54 Å². The summed E-state index contributed by atoms with van der Waals surface area (Å²) < 4.78 is 24.1. The predicted octanol–water partition coefficient (Wildman–Crippen LogP) is 0.805. The number of aryl methyl sites for hydroxylation is 1. The molecule has 7 heteroatoms. The van der Waals surface area contributed by atoms with Gasteiger partial charge in [-0.05, 0) is 24.1 Å². The standard InChI is InChI=1S/C12H17F2N3O2/c1-7-4-8(12(15)17-19)2-3-9(7)5-16-6-10(18)11(13)14/h2-4,10-11,16,18-19H,5-6H2,1H3,(H2,15,17). The van der Waals surface area contributed by atoms with Gasteiger partial charge in [0, 0.05) is 18.7 Å². The monoisotopic (exact) mass is 273 g/mol. The zero-order valence-corrected chi connectivity index (χ0v) is 10.5. The van der Waals surface area contributed by atoms with Gasteiger partial charge < -0.3 is 21.4 Å². The van der Waals surface area contributed by atoms with Gasteiger partial charge in [-0.1, -0.05) is 17.3 Å². The van der Waals surface area contributed by atoms with Crippen LogP contribution in [0, 0.1) is 6.92 Å². The number of nitrogens with zero attached hydrogens (tertiary/aromatic N) is 1. The Hall–Kier alpha value is -1.73. The fraction of sp³-hybridized carbons (Fsp3) is 0.417. The molecular weight excluding hydrogens is 256 g/mol. The van der Waals surface area contributed by atoms with Crippen LogP contribution in [0.25, 0.3) is 0 Å². The molecule has 0 saturated heterocycles. The second-order valence-corrected chi connectivity index (χ2v) is 4.16. The third kappa shape index (κ3) is 4.46. The van der Waals surface area contributed by atoms with Crippen molar-refractivity contribution in [1.29, 1.82) is 0 Å². The lowest BCUT2D eigenvalue weighted by Gasteiger charge is -2.12. The Balaban J connectivity index is 2.61. The van der Waals surface area contributed by atoms with Crippen molar-refractivity contribution in [3.63, 3.8) is 0 Å². The second-order valence-electron chi connectivity index (χ2n) is 4.16. The van der Waals surface area contributed by atoms with Gasteiger partial charge >= 0.3 is 0 Å². The molecule has 1 aromatic carbocycles. The van der Waals surface area contributed by atoms with Gasteiger partial charge in [0.15, 0.2) is 5.84 Å². The Morgan fingerprint density at radius 3 is 2.68 bits per heavy atom. The zero-order chi connectivity index (χ0) is 14.4. The number of hydrogen-bond acceptors (Lipinski definition) is 4. The highest BCUT2D eigenvalue weighted by Crippen LogP contribution is 2.11. The van der Waals surface area contributed by atoms with Crippen LogP contribution in [0.4, 0.5) is 8.78 Å². The molecule has 1 aromatic rings.